The number of benzene rings is 1. The van der Waals surface area contributed by atoms with Gasteiger partial charge in [0.25, 0.3) is 0 Å². The normalized spacial score (nSPS) is 15.4. The highest BCUT2D eigenvalue weighted by Gasteiger charge is 2.25. The van der Waals surface area contributed by atoms with Crippen LogP contribution >= 0.6 is 11.6 Å². The van der Waals surface area contributed by atoms with Crippen LogP contribution in [0.3, 0.4) is 0 Å². The molecule has 1 saturated heterocycles. The molecule has 0 unspecified atom stereocenters. The van der Waals surface area contributed by atoms with Crippen molar-refractivity contribution in [1.29, 1.82) is 0 Å². The maximum atomic E-state index is 12.6. The van der Waals surface area contributed by atoms with Gasteiger partial charge in [0.15, 0.2) is 5.65 Å². The van der Waals surface area contributed by atoms with Crippen molar-refractivity contribution in [3.63, 3.8) is 0 Å². The zero-order chi connectivity index (χ0) is 18.1. The summed E-state index contributed by atoms with van der Waals surface area (Å²) >= 11 is 6.13. The van der Waals surface area contributed by atoms with E-state index in [-0.39, 0.29) is 6.03 Å². The number of likely N-dealkylation sites (tertiary alicyclic amines) is 1. The molecule has 0 spiro atoms. The van der Waals surface area contributed by atoms with Crippen molar-refractivity contribution in [2.75, 3.05) is 18.4 Å². The van der Waals surface area contributed by atoms with Gasteiger partial charge in [-0.25, -0.2) is 14.8 Å². The zero-order valence-corrected chi connectivity index (χ0v) is 15.3. The van der Waals surface area contributed by atoms with E-state index in [9.17, 15) is 4.79 Å². The number of piperidine rings is 1. The third-order valence-corrected chi connectivity index (χ3v) is 5.40. The number of carbonyl (C=O) groups excluding carboxylic acids is 1. The standard InChI is InChI=1S/C19H20ClN5O/c1-13-15(20)4-2-5-16(13)23-19(26)24-10-7-14(8-11-24)25-12-22-17-6-3-9-21-18(17)25/h2-6,9,12,14H,7-8,10-11H2,1H3,(H,23,26). The predicted octanol–water partition coefficient (Wildman–Crippen LogP) is 4.26. The van der Waals surface area contributed by atoms with E-state index in [0.717, 1.165) is 35.3 Å². The number of carbonyl (C=O) groups is 1. The van der Waals surface area contributed by atoms with Gasteiger partial charge in [0.1, 0.15) is 5.52 Å². The molecule has 0 atom stereocenters. The monoisotopic (exact) mass is 369 g/mol. The van der Waals surface area contributed by atoms with Crippen LogP contribution in [-0.2, 0) is 0 Å². The summed E-state index contributed by atoms with van der Waals surface area (Å²) < 4.78 is 2.13. The van der Waals surface area contributed by atoms with Crippen LogP contribution in [0.15, 0.2) is 42.9 Å². The molecule has 1 aromatic carbocycles. The van der Waals surface area contributed by atoms with E-state index in [1.165, 1.54) is 0 Å². The molecule has 4 rings (SSSR count). The molecule has 26 heavy (non-hydrogen) atoms. The molecule has 0 radical (unpaired) electrons. The second-order valence-corrected chi connectivity index (χ2v) is 6.97. The highest BCUT2D eigenvalue weighted by atomic mass is 35.5. The number of hydrogen-bond donors (Lipinski definition) is 1. The lowest BCUT2D eigenvalue weighted by Crippen LogP contribution is -2.41. The smallest absolute Gasteiger partial charge is 0.321 e. The Hall–Kier alpha value is -2.60. The van der Waals surface area contributed by atoms with Crippen molar-refractivity contribution in [2.45, 2.75) is 25.8 Å². The average Bonchev–Trinajstić information content (AvgIpc) is 3.10. The molecule has 0 bridgehead atoms. The molecule has 3 heterocycles. The van der Waals surface area contributed by atoms with E-state index in [1.54, 1.807) is 6.20 Å². The lowest BCUT2D eigenvalue weighted by Gasteiger charge is -2.32. The van der Waals surface area contributed by atoms with E-state index in [4.69, 9.17) is 11.6 Å². The maximum Gasteiger partial charge on any atom is 0.321 e. The summed E-state index contributed by atoms with van der Waals surface area (Å²) in [6.07, 6.45) is 5.40. The molecule has 0 saturated carbocycles. The van der Waals surface area contributed by atoms with Crippen LogP contribution in [0.5, 0.6) is 0 Å². The third-order valence-electron chi connectivity index (χ3n) is 4.99. The summed E-state index contributed by atoms with van der Waals surface area (Å²) in [5.41, 5.74) is 3.46. The maximum absolute atomic E-state index is 12.6. The topological polar surface area (TPSA) is 63.1 Å². The highest BCUT2D eigenvalue weighted by molar-refractivity contribution is 6.31. The molecule has 1 aliphatic heterocycles. The molecule has 2 aromatic heterocycles. The molecule has 6 nitrogen and oxygen atoms in total. The van der Waals surface area contributed by atoms with Gasteiger partial charge in [-0.1, -0.05) is 17.7 Å². The van der Waals surface area contributed by atoms with Crippen molar-refractivity contribution in [2.24, 2.45) is 0 Å². The summed E-state index contributed by atoms with van der Waals surface area (Å²) in [5, 5.41) is 3.62. The van der Waals surface area contributed by atoms with Gasteiger partial charge in [-0.05, 0) is 49.6 Å². The minimum atomic E-state index is -0.0811. The summed E-state index contributed by atoms with van der Waals surface area (Å²) in [5.74, 6) is 0. The Morgan fingerprint density at radius 1 is 1.19 bits per heavy atom. The molecular weight excluding hydrogens is 350 g/mol. The Bertz CT molecular complexity index is 946. The van der Waals surface area contributed by atoms with Crippen LogP contribution in [0.1, 0.15) is 24.4 Å². The summed E-state index contributed by atoms with van der Waals surface area (Å²) in [6, 6.07) is 9.62. The second-order valence-electron chi connectivity index (χ2n) is 6.56. The van der Waals surface area contributed by atoms with E-state index < -0.39 is 0 Å². The number of nitrogens with zero attached hydrogens (tertiary/aromatic N) is 4. The number of hydrogen-bond acceptors (Lipinski definition) is 3. The number of anilines is 1. The van der Waals surface area contributed by atoms with Crippen LogP contribution < -0.4 is 5.32 Å². The Kier molecular flexibility index (Phi) is 4.51. The third kappa shape index (κ3) is 3.12. The van der Waals surface area contributed by atoms with Gasteiger partial charge >= 0.3 is 6.03 Å². The minimum Gasteiger partial charge on any atom is -0.324 e. The van der Waals surface area contributed by atoms with Crippen molar-refractivity contribution >= 4 is 34.5 Å². The van der Waals surface area contributed by atoms with E-state index >= 15 is 0 Å². The van der Waals surface area contributed by atoms with Gasteiger partial charge < -0.3 is 14.8 Å². The number of halogens is 1. The summed E-state index contributed by atoms with van der Waals surface area (Å²) in [4.78, 5) is 23.3. The number of amides is 2. The molecule has 0 aliphatic carbocycles. The lowest BCUT2D eigenvalue weighted by atomic mass is 10.1. The number of nitrogens with one attached hydrogen (secondary N) is 1. The Morgan fingerprint density at radius 3 is 2.81 bits per heavy atom. The van der Waals surface area contributed by atoms with E-state index in [2.05, 4.69) is 19.9 Å². The molecule has 7 heteroatoms. The van der Waals surface area contributed by atoms with Gasteiger partial charge in [-0.2, -0.15) is 0 Å². The quantitative estimate of drug-likeness (QED) is 0.734. The fraction of sp³-hybridized carbons (Fsp3) is 0.316. The number of rotatable bonds is 2. The van der Waals surface area contributed by atoms with Crippen LogP contribution in [-0.4, -0.2) is 38.6 Å². The van der Waals surface area contributed by atoms with Crippen molar-refractivity contribution in [3.8, 4) is 0 Å². The van der Waals surface area contributed by atoms with Gasteiger partial charge in [-0.3, -0.25) is 0 Å². The number of pyridine rings is 1. The number of urea groups is 1. The predicted molar refractivity (Wildman–Crippen MR) is 103 cm³/mol. The SMILES string of the molecule is Cc1c(Cl)cccc1NC(=O)N1CCC(n2cnc3cccnc32)CC1. The van der Waals surface area contributed by atoms with Crippen LogP contribution in [0.4, 0.5) is 10.5 Å². The molecule has 1 fully saturated rings. The summed E-state index contributed by atoms with van der Waals surface area (Å²) in [7, 11) is 0. The second kappa shape index (κ2) is 6.96. The molecule has 3 aromatic rings. The Labute approximate surface area is 156 Å². The van der Waals surface area contributed by atoms with Gasteiger partial charge in [0.05, 0.1) is 6.33 Å². The van der Waals surface area contributed by atoms with Crippen LogP contribution in [0.2, 0.25) is 5.02 Å². The largest absolute Gasteiger partial charge is 0.324 e. The first kappa shape index (κ1) is 16.8. The lowest BCUT2D eigenvalue weighted by molar-refractivity contribution is 0.184. The first-order chi connectivity index (χ1) is 12.6. The fourth-order valence-electron chi connectivity index (χ4n) is 3.42. The average molecular weight is 370 g/mol. The minimum absolute atomic E-state index is 0.0811. The highest BCUT2D eigenvalue weighted by Crippen LogP contribution is 2.27. The van der Waals surface area contributed by atoms with Crippen LogP contribution in [0, 0.1) is 6.92 Å². The Balaban J connectivity index is 1.42. The summed E-state index contributed by atoms with van der Waals surface area (Å²) in [6.45, 7) is 3.30. The van der Waals surface area contributed by atoms with Crippen LogP contribution in [0.25, 0.3) is 11.2 Å². The molecule has 2 amide bonds. The molecule has 1 N–H and O–H groups in total. The number of fused-ring (bicyclic) bond motifs is 1. The van der Waals surface area contributed by atoms with E-state index in [1.807, 2.05) is 48.5 Å². The number of aromatic nitrogens is 3. The van der Waals surface area contributed by atoms with Crippen molar-refractivity contribution < 1.29 is 4.79 Å². The van der Waals surface area contributed by atoms with Crippen molar-refractivity contribution in [1.82, 2.24) is 19.4 Å². The van der Waals surface area contributed by atoms with Gasteiger partial charge in [-0.15, -0.1) is 0 Å². The number of imidazole rings is 1. The Morgan fingerprint density at radius 2 is 2.00 bits per heavy atom. The first-order valence-electron chi connectivity index (χ1n) is 8.72. The van der Waals surface area contributed by atoms with E-state index in [0.29, 0.717) is 24.2 Å². The molecular formula is C19H20ClN5O. The van der Waals surface area contributed by atoms with Gasteiger partial charge in [0.2, 0.25) is 0 Å². The zero-order valence-electron chi connectivity index (χ0n) is 14.5. The fourth-order valence-corrected chi connectivity index (χ4v) is 3.59. The molecule has 134 valence electrons. The molecule has 1 aliphatic rings. The van der Waals surface area contributed by atoms with Crippen molar-refractivity contribution in [3.05, 3.63) is 53.4 Å². The first-order valence-corrected chi connectivity index (χ1v) is 9.10. The van der Waals surface area contributed by atoms with Gasteiger partial charge in [0, 0.05) is 36.0 Å².